The second-order valence-corrected chi connectivity index (χ2v) is 5.38. The topological polar surface area (TPSA) is 63.8 Å². The second-order valence-electron chi connectivity index (χ2n) is 5.38. The zero-order valence-corrected chi connectivity index (χ0v) is 13.6. The van der Waals surface area contributed by atoms with Crippen molar-refractivity contribution in [3.63, 3.8) is 0 Å². The van der Waals surface area contributed by atoms with Crippen LogP contribution in [0.1, 0.15) is 18.2 Å². The fraction of sp³-hybridized carbons (Fsp3) is 0.158. The largest absolute Gasteiger partial charge is 0.493 e. The summed E-state index contributed by atoms with van der Waals surface area (Å²) in [6.45, 7) is 4.46. The van der Waals surface area contributed by atoms with Gasteiger partial charge in [-0.15, -0.1) is 0 Å². The number of imidazole rings is 1. The highest BCUT2D eigenvalue weighted by Crippen LogP contribution is 2.33. The number of hydrogen-bond donors (Lipinski definition) is 1. The molecule has 2 heterocycles. The van der Waals surface area contributed by atoms with Crippen LogP contribution in [0, 0.1) is 6.92 Å². The molecule has 0 radical (unpaired) electrons. The lowest BCUT2D eigenvalue weighted by molar-refractivity contribution is -0.131. The van der Waals surface area contributed by atoms with Gasteiger partial charge in [0.05, 0.1) is 12.3 Å². The minimum Gasteiger partial charge on any atom is -0.493 e. The molecule has 0 spiro atoms. The van der Waals surface area contributed by atoms with Crippen molar-refractivity contribution >= 4 is 17.7 Å². The third-order valence-electron chi connectivity index (χ3n) is 3.63. The molecule has 0 saturated heterocycles. The number of aromatic nitrogens is 2. The Bertz CT molecular complexity index is 926. The molecule has 0 aliphatic heterocycles. The minimum atomic E-state index is -0.998. The quantitative estimate of drug-likeness (QED) is 0.726. The van der Waals surface area contributed by atoms with Crippen molar-refractivity contribution in [2.24, 2.45) is 0 Å². The average Bonchev–Trinajstić information content (AvgIpc) is 2.91. The third-order valence-corrected chi connectivity index (χ3v) is 3.63. The van der Waals surface area contributed by atoms with Crippen molar-refractivity contribution in [2.75, 3.05) is 6.61 Å². The van der Waals surface area contributed by atoms with Crippen LogP contribution in [-0.2, 0) is 4.79 Å². The van der Waals surface area contributed by atoms with Crippen LogP contribution in [0.2, 0.25) is 0 Å². The molecule has 2 aromatic heterocycles. The fourth-order valence-electron chi connectivity index (χ4n) is 2.62. The van der Waals surface area contributed by atoms with E-state index in [-0.39, 0.29) is 0 Å². The number of rotatable bonds is 5. The summed E-state index contributed by atoms with van der Waals surface area (Å²) in [7, 11) is 0. The van der Waals surface area contributed by atoms with E-state index in [0.29, 0.717) is 18.0 Å². The van der Waals surface area contributed by atoms with Crippen molar-refractivity contribution in [1.29, 1.82) is 0 Å². The monoisotopic (exact) mass is 322 g/mol. The first-order chi connectivity index (χ1) is 11.6. The van der Waals surface area contributed by atoms with E-state index in [1.807, 2.05) is 60.8 Å². The molecule has 3 rings (SSSR count). The van der Waals surface area contributed by atoms with E-state index < -0.39 is 5.97 Å². The number of benzene rings is 1. The van der Waals surface area contributed by atoms with Crippen molar-refractivity contribution in [2.45, 2.75) is 13.8 Å². The van der Waals surface area contributed by atoms with Crippen LogP contribution in [-0.4, -0.2) is 27.1 Å². The number of pyridine rings is 1. The molecule has 0 aliphatic carbocycles. The summed E-state index contributed by atoms with van der Waals surface area (Å²) in [5.41, 5.74) is 4.07. The number of aryl methyl sites for hydroxylation is 1. The summed E-state index contributed by atoms with van der Waals surface area (Å²) in [5, 5.41) is 9.00. The second kappa shape index (κ2) is 6.58. The van der Waals surface area contributed by atoms with E-state index in [1.54, 1.807) is 6.08 Å². The molecule has 0 unspecified atom stereocenters. The first kappa shape index (κ1) is 15.8. The number of nitrogens with zero attached hydrogens (tertiary/aromatic N) is 2. The number of para-hydroxylation sites is 1. The Morgan fingerprint density at radius 3 is 2.83 bits per heavy atom. The molecule has 1 N–H and O–H groups in total. The van der Waals surface area contributed by atoms with Crippen LogP contribution in [0.15, 0.2) is 48.7 Å². The maximum Gasteiger partial charge on any atom is 0.328 e. The molecule has 1 aromatic carbocycles. The molecule has 0 aliphatic rings. The number of hydrogen-bond acceptors (Lipinski definition) is 3. The number of ether oxygens (including phenoxy) is 1. The number of carboxylic acid groups (broad SMARTS) is 1. The lowest BCUT2D eigenvalue weighted by atomic mass is 10.1. The van der Waals surface area contributed by atoms with Gasteiger partial charge in [-0.25, -0.2) is 9.78 Å². The van der Waals surface area contributed by atoms with Crippen LogP contribution in [0.4, 0.5) is 0 Å². The van der Waals surface area contributed by atoms with Crippen molar-refractivity contribution < 1.29 is 14.6 Å². The van der Waals surface area contributed by atoms with Crippen molar-refractivity contribution in [3.05, 3.63) is 59.9 Å². The molecule has 0 atom stereocenters. The van der Waals surface area contributed by atoms with Crippen LogP contribution in [0.3, 0.4) is 0 Å². The maximum absolute atomic E-state index is 11.0. The summed E-state index contributed by atoms with van der Waals surface area (Å²) in [5.74, 6) is -0.272. The van der Waals surface area contributed by atoms with Gasteiger partial charge in [0, 0.05) is 17.8 Å². The maximum atomic E-state index is 11.0. The van der Waals surface area contributed by atoms with Crippen LogP contribution in [0.5, 0.6) is 5.75 Å². The number of carbonyl (C=O) groups is 1. The smallest absolute Gasteiger partial charge is 0.328 e. The van der Waals surface area contributed by atoms with Crippen LogP contribution >= 0.6 is 0 Å². The lowest BCUT2D eigenvalue weighted by Crippen LogP contribution is -1.95. The minimum absolute atomic E-state index is 0.545. The van der Waals surface area contributed by atoms with Gasteiger partial charge in [0.25, 0.3) is 0 Å². The third kappa shape index (κ3) is 3.01. The highest BCUT2D eigenvalue weighted by atomic mass is 16.5. The van der Waals surface area contributed by atoms with E-state index in [0.717, 1.165) is 28.6 Å². The van der Waals surface area contributed by atoms with E-state index in [2.05, 4.69) is 4.98 Å². The van der Waals surface area contributed by atoms with E-state index in [9.17, 15) is 4.79 Å². The molecular formula is C19H18N2O3. The predicted molar refractivity (Wildman–Crippen MR) is 93.2 cm³/mol. The Kier molecular flexibility index (Phi) is 4.33. The van der Waals surface area contributed by atoms with Crippen molar-refractivity contribution in [3.8, 4) is 17.0 Å². The van der Waals surface area contributed by atoms with Gasteiger partial charge in [0.2, 0.25) is 0 Å². The Morgan fingerprint density at radius 2 is 2.08 bits per heavy atom. The van der Waals surface area contributed by atoms with Crippen LogP contribution in [0.25, 0.3) is 23.0 Å². The summed E-state index contributed by atoms with van der Waals surface area (Å²) in [6.07, 6.45) is 4.63. The summed E-state index contributed by atoms with van der Waals surface area (Å²) < 4.78 is 7.60. The molecular weight excluding hydrogens is 304 g/mol. The standard InChI is InChI=1S/C19H18N2O3/c1-3-24-16-7-5-4-6-14(16)19-15(9-11-18(22)23)21-12-13(2)8-10-17(21)20-19/h4-12H,3H2,1-2H3,(H,22,23)/b11-9+. The van der Waals surface area contributed by atoms with Crippen molar-refractivity contribution in [1.82, 2.24) is 9.38 Å². The van der Waals surface area contributed by atoms with Gasteiger partial charge in [-0.3, -0.25) is 4.40 Å². The highest BCUT2D eigenvalue weighted by molar-refractivity contribution is 5.88. The molecule has 3 aromatic rings. The van der Waals surface area contributed by atoms with Gasteiger partial charge < -0.3 is 9.84 Å². The zero-order valence-electron chi connectivity index (χ0n) is 13.6. The van der Waals surface area contributed by atoms with Gasteiger partial charge in [0.15, 0.2) is 0 Å². The number of fused-ring (bicyclic) bond motifs is 1. The first-order valence-electron chi connectivity index (χ1n) is 7.72. The zero-order chi connectivity index (χ0) is 17.1. The molecule has 24 heavy (non-hydrogen) atoms. The molecule has 0 amide bonds. The van der Waals surface area contributed by atoms with Gasteiger partial charge >= 0.3 is 5.97 Å². The Labute approximate surface area is 139 Å². The SMILES string of the molecule is CCOc1ccccc1-c1nc2ccc(C)cn2c1/C=C/C(=O)O. The van der Waals surface area contributed by atoms with Crippen LogP contribution < -0.4 is 4.74 Å². The summed E-state index contributed by atoms with van der Waals surface area (Å²) in [6, 6.07) is 11.5. The van der Waals surface area contributed by atoms with Gasteiger partial charge in [-0.05, 0) is 43.7 Å². The molecule has 0 bridgehead atoms. The number of aliphatic carboxylic acids is 1. The number of carboxylic acids is 1. The molecule has 0 fully saturated rings. The summed E-state index contributed by atoms with van der Waals surface area (Å²) in [4.78, 5) is 15.7. The van der Waals surface area contributed by atoms with Gasteiger partial charge in [-0.2, -0.15) is 0 Å². The Morgan fingerprint density at radius 1 is 1.29 bits per heavy atom. The molecule has 0 saturated carbocycles. The summed E-state index contributed by atoms with van der Waals surface area (Å²) >= 11 is 0. The predicted octanol–water partition coefficient (Wildman–Crippen LogP) is 3.81. The van der Waals surface area contributed by atoms with E-state index >= 15 is 0 Å². The van der Waals surface area contributed by atoms with E-state index in [1.165, 1.54) is 0 Å². The lowest BCUT2D eigenvalue weighted by Gasteiger charge is -2.09. The molecule has 5 heteroatoms. The van der Waals surface area contributed by atoms with Gasteiger partial charge in [-0.1, -0.05) is 18.2 Å². The Balaban J connectivity index is 2.27. The molecule has 122 valence electrons. The first-order valence-corrected chi connectivity index (χ1v) is 7.72. The fourth-order valence-corrected chi connectivity index (χ4v) is 2.62. The highest BCUT2D eigenvalue weighted by Gasteiger charge is 2.16. The normalized spacial score (nSPS) is 11.2. The average molecular weight is 322 g/mol. The van der Waals surface area contributed by atoms with E-state index in [4.69, 9.17) is 9.84 Å². The van der Waals surface area contributed by atoms with Gasteiger partial charge in [0.1, 0.15) is 17.1 Å². The Hall–Kier alpha value is -3.08. The molecule has 5 nitrogen and oxygen atoms in total.